The Morgan fingerprint density at radius 2 is 1.79 bits per heavy atom. The average Bonchev–Trinajstić information content (AvgIpc) is 3.13. The Morgan fingerprint density at radius 1 is 1.09 bits per heavy atom. The lowest BCUT2D eigenvalue weighted by molar-refractivity contribution is -0.117. The van der Waals surface area contributed by atoms with Gasteiger partial charge in [-0.2, -0.15) is 5.26 Å². The highest BCUT2D eigenvalue weighted by Crippen LogP contribution is 2.42. The molecule has 0 aliphatic carbocycles. The van der Waals surface area contributed by atoms with Crippen LogP contribution in [0.2, 0.25) is 10.0 Å². The third kappa shape index (κ3) is 5.13. The Hall–Kier alpha value is -3.24. The fraction of sp³-hybridized carbons (Fsp3) is 0.115. The van der Waals surface area contributed by atoms with Gasteiger partial charge in [0.15, 0.2) is 0 Å². The molecule has 1 saturated heterocycles. The van der Waals surface area contributed by atoms with E-state index in [1.807, 2.05) is 43.3 Å². The first-order chi connectivity index (χ1) is 16.4. The number of rotatable bonds is 5. The van der Waals surface area contributed by atoms with E-state index in [9.17, 15) is 14.9 Å². The third-order valence-corrected chi connectivity index (χ3v) is 7.05. The number of hydrogen-bond acceptors (Lipinski definition) is 4. The van der Waals surface area contributed by atoms with Gasteiger partial charge in [0.25, 0.3) is 5.91 Å². The van der Waals surface area contributed by atoms with Gasteiger partial charge in [0.1, 0.15) is 16.7 Å². The summed E-state index contributed by atoms with van der Waals surface area (Å²) >= 11 is 13.3. The van der Waals surface area contributed by atoms with Crippen molar-refractivity contribution < 1.29 is 9.59 Å². The van der Waals surface area contributed by atoms with Gasteiger partial charge in [0.05, 0.1) is 16.0 Å². The van der Waals surface area contributed by atoms with Gasteiger partial charge < -0.3 is 5.32 Å². The van der Waals surface area contributed by atoms with Crippen LogP contribution in [0.3, 0.4) is 0 Å². The van der Waals surface area contributed by atoms with Gasteiger partial charge >= 0.3 is 0 Å². The Bertz CT molecular complexity index is 1320. The van der Waals surface area contributed by atoms with E-state index in [0.29, 0.717) is 27.8 Å². The second-order valence-corrected chi connectivity index (χ2v) is 9.71. The Balaban J connectivity index is 1.71. The van der Waals surface area contributed by atoms with Crippen LogP contribution in [0.5, 0.6) is 0 Å². The van der Waals surface area contributed by atoms with Crippen molar-refractivity contribution in [2.45, 2.75) is 18.6 Å². The number of thioether (sulfide) groups is 1. The summed E-state index contributed by atoms with van der Waals surface area (Å²) in [7, 11) is 0. The molecule has 4 rings (SSSR count). The summed E-state index contributed by atoms with van der Waals surface area (Å²) in [6.45, 7) is 2.00. The number of carbonyl (C=O) groups is 2. The van der Waals surface area contributed by atoms with Crippen molar-refractivity contribution in [3.63, 3.8) is 0 Å². The molecule has 0 unspecified atom stereocenters. The van der Waals surface area contributed by atoms with Crippen LogP contribution in [-0.4, -0.2) is 17.1 Å². The van der Waals surface area contributed by atoms with Crippen LogP contribution in [-0.2, 0) is 16.0 Å². The van der Waals surface area contributed by atoms with E-state index in [1.54, 1.807) is 36.4 Å². The summed E-state index contributed by atoms with van der Waals surface area (Å²) in [4.78, 5) is 28.0. The number of aryl methyl sites for hydroxylation is 1. The van der Waals surface area contributed by atoms with Gasteiger partial charge in [-0.25, -0.2) is 0 Å². The SMILES string of the molecule is Cc1ccc(C[C@@H]2S/C(=C(/C#N)C(=O)Nc3ccc(Cl)cc3Cl)N(c3ccccc3)C2=O)cc1. The van der Waals surface area contributed by atoms with Crippen LogP contribution in [0.4, 0.5) is 11.4 Å². The molecule has 170 valence electrons. The molecule has 0 aromatic heterocycles. The molecule has 0 radical (unpaired) electrons. The van der Waals surface area contributed by atoms with E-state index in [1.165, 1.54) is 22.7 Å². The summed E-state index contributed by atoms with van der Waals surface area (Å²) in [6, 6.07) is 23.6. The minimum absolute atomic E-state index is 0.167. The smallest absolute Gasteiger partial charge is 0.269 e. The molecular weight excluding hydrogens is 489 g/mol. The van der Waals surface area contributed by atoms with Gasteiger partial charge in [0, 0.05) is 10.7 Å². The van der Waals surface area contributed by atoms with Gasteiger partial charge in [-0.05, 0) is 49.2 Å². The van der Waals surface area contributed by atoms with Crippen molar-refractivity contribution in [1.82, 2.24) is 0 Å². The van der Waals surface area contributed by atoms with Gasteiger partial charge in [0.2, 0.25) is 5.91 Å². The predicted octanol–water partition coefficient (Wildman–Crippen LogP) is 6.37. The maximum Gasteiger partial charge on any atom is 0.269 e. The summed E-state index contributed by atoms with van der Waals surface area (Å²) in [5.74, 6) is -0.837. The zero-order valence-electron chi connectivity index (χ0n) is 18.1. The maximum absolute atomic E-state index is 13.5. The van der Waals surface area contributed by atoms with Crippen LogP contribution in [0.15, 0.2) is 83.4 Å². The van der Waals surface area contributed by atoms with Crippen molar-refractivity contribution in [3.8, 4) is 6.07 Å². The number of amides is 2. The maximum atomic E-state index is 13.5. The fourth-order valence-electron chi connectivity index (χ4n) is 3.51. The molecule has 1 N–H and O–H groups in total. The fourth-order valence-corrected chi connectivity index (χ4v) is 5.28. The van der Waals surface area contributed by atoms with Crippen molar-refractivity contribution in [2.24, 2.45) is 0 Å². The first-order valence-corrected chi connectivity index (χ1v) is 12.0. The monoisotopic (exact) mass is 507 g/mol. The van der Waals surface area contributed by atoms with Crippen molar-refractivity contribution in [2.75, 3.05) is 10.2 Å². The average molecular weight is 508 g/mol. The van der Waals surface area contributed by atoms with E-state index < -0.39 is 11.2 Å². The zero-order valence-corrected chi connectivity index (χ0v) is 20.4. The van der Waals surface area contributed by atoms with Crippen molar-refractivity contribution in [3.05, 3.63) is 105 Å². The number of benzene rings is 3. The normalized spacial score (nSPS) is 16.8. The van der Waals surface area contributed by atoms with Gasteiger partial charge in [-0.3, -0.25) is 14.5 Å². The lowest BCUT2D eigenvalue weighted by atomic mass is 10.1. The molecule has 0 bridgehead atoms. The highest BCUT2D eigenvalue weighted by atomic mass is 35.5. The van der Waals surface area contributed by atoms with E-state index in [-0.39, 0.29) is 16.5 Å². The molecule has 0 saturated carbocycles. The van der Waals surface area contributed by atoms with E-state index in [4.69, 9.17) is 23.2 Å². The van der Waals surface area contributed by atoms with E-state index >= 15 is 0 Å². The second kappa shape index (κ2) is 10.4. The Labute approximate surface area is 212 Å². The molecule has 3 aromatic rings. The molecule has 8 heteroatoms. The molecular formula is C26H19Cl2N3O2S. The third-order valence-electron chi connectivity index (χ3n) is 5.24. The molecule has 1 atom stereocenters. The summed E-state index contributed by atoms with van der Waals surface area (Å²) in [6.07, 6.45) is 0.472. The Morgan fingerprint density at radius 3 is 2.44 bits per heavy atom. The summed E-state index contributed by atoms with van der Waals surface area (Å²) in [5.41, 5.74) is 2.87. The first kappa shape index (κ1) is 23.9. The zero-order chi connectivity index (χ0) is 24.2. The number of nitrogens with zero attached hydrogens (tertiary/aromatic N) is 2. The van der Waals surface area contributed by atoms with Crippen LogP contribution < -0.4 is 10.2 Å². The van der Waals surface area contributed by atoms with Gasteiger partial charge in [-0.1, -0.05) is 83.0 Å². The number of nitriles is 1. The molecule has 3 aromatic carbocycles. The van der Waals surface area contributed by atoms with E-state index in [2.05, 4.69) is 5.32 Å². The first-order valence-electron chi connectivity index (χ1n) is 10.4. The standard InChI is InChI=1S/C26H19Cl2N3O2S/c1-16-7-9-17(10-8-16)13-23-25(33)31(19-5-3-2-4-6-19)26(34-23)20(15-29)24(32)30-22-12-11-18(27)14-21(22)28/h2-12,14,23H,13H2,1H3,(H,30,32)/b26-20-/t23-/m0/s1. The molecule has 1 heterocycles. The second-order valence-electron chi connectivity index (χ2n) is 7.68. The number of nitrogens with one attached hydrogen (secondary N) is 1. The molecule has 34 heavy (non-hydrogen) atoms. The number of hydrogen-bond donors (Lipinski definition) is 1. The van der Waals surface area contributed by atoms with E-state index in [0.717, 1.165) is 11.1 Å². The largest absolute Gasteiger partial charge is 0.320 e. The quantitative estimate of drug-likeness (QED) is 0.321. The topological polar surface area (TPSA) is 73.2 Å². The predicted molar refractivity (Wildman–Crippen MR) is 138 cm³/mol. The van der Waals surface area contributed by atoms with Crippen LogP contribution in [0, 0.1) is 18.3 Å². The number of carbonyl (C=O) groups excluding carboxylic acids is 2. The lowest BCUT2D eigenvalue weighted by Gasteiger charge is -2.18. The van der Waals surface area contributed by atoms with Crippen molar-refractivity contribution >= 4 is 58.2 Å². The molecule has 0 spiro atoms. The van der Waals surface area contributed by atoms with Crippen LogP contribution in [0.25, 0.3) is 0 Å². The molecule has 1 fully saturated rings. The molecule has 1 aliphatic heterocycles. The van der Waals surface area contributed by atoms with Crippen molar-refractivity contribution in [1.29, 1.82) is 5.26 Å². The number of para-hydroxylation sites is 1. The number of anilines is 2. The summed E-state index contributed by atoms with van der Waals surface area (Å²) < 4.78 is 0. The minimum atomic E-state index is -0.654. The highest BCUT2D eigenvalue weighted by Gasteiger charge is 2.40. The molecule has 5 nitrogen and oxygen atoms in total. The minimum Gasteiger partial charge on any atom is -0.320 e. The Kier molecular flexibility index (Phi) is 7.28. The lowest BCUT2D eigenvalue weighted by Crippen LogP contribution is -2.30. The van der Waals surface area contributed by atoms with Crippen LogP contribution >= 0.6 is 35.0 Å². The highest BCUT2D eigenvalue weighted by molar-refractivity contribution is 8.05. The molecule has 2 amide bonds. The van der Waals surface area contributed by atoms with Crippen LogP contribution in [0.1, 0.15) is 11.1 Å². The number of halogens is 2. The molecule has 1 aliphatic rings. The van der Waals surface area contributed by atoms with Gasteiger partial charge in [-0.15, -0.1) is 0 Å². The summed E-state index contributed by atoms with van der Waals surface area (Å²) in [5, 5.41) is 13.1.